The van der Waals surface area contributed by atoms with Crippen LogP contribution in [-0.2, 0) is 0 Å². The molecule has 1 aromatic carbocycles. The van der Waals surface area contributed by atoms with Gasteiger partial charge in [0.1, 0.15) is 5.75 Å². The van der Waals surface area contributed by atoms with Crippen LogP contribution in [0.5, 0.6) is 5.75 Å². The lowest BCUT2D eigenvalue weighted by Gasteiger charge is -2.18. The minimum absolute atomic E-state index is 0.486. The van der Waals surface area contributed by atoms with Gasteiger partial charge in [-0.15, -0.1) is 0 Å². The lowest BCUT2D eigenvalue weighted by Crippen LogP contribution is -2.05. The number of anilines is 1. The maximum absolute atomic E-state index is 5.93. The Balaban J connectivity index is 2.96. The Morgan fingerprint density at radius 1 is 1.22 bits per heavy atom. The molecule has 102 valence electrons. The third-order valence-corrected chi connectivity index (χ3v) is 3.10. The summed E-state index contributed by atoms with van der Waals surface area (Å²) >= 11 is 0. The monoisotopic (exact) mass is 249 g/mol. The summed E-state index contributed by atoms with van der Waals surface area (Å²) in [6.45, 7) is 12.6. The van der Waals surface area contributed by atoms with E-state index in [9.17, 15) is 0 Å². The van der Waals surface area contributed by atoms with Crippen LogP contribution in [0.2, 0.25) is 0 Å². The Morgan fingerprint density at radius 2 is 1.94 bits per heavy atom. The summed E-state index contributed by atoms with van der Waals surface area (Å²) in [5.41, 5.74) is 3.78. The summed E-state index contributed by atoms with van der Waals surface area (Å²) in [6.07, 6.45) is 2.29. The molecule has 0 spiro atoms. The standard InChI is InChI=1S/C16H27NO/c1-6-8-9-18-16-10-13(5)15(17-7-2)11-14(16)12(3)4/h10-12,17H,6-9H2,1-5H3. The zero-order chi connectivity index (χ0) is 13.5. The summed E-state index contributed by atoms with van der Waals surface area (Å²) in [5.74, 6) is 1.54. The summed E-state index contributed by atoms with van der Waals surface area (Å²) in [7, 11) is 0. The highest BCUT2D eigenvalue weighted by Gasteiger charge is 2.11. The second-order valence-corrected chi connectivity index (χ2v) is 5.09. The van der Waals surface area contributed by atoms with Crippen molar-refractivity contribution in [3.63, 3.8) is 0 Å². The zero-order valence-corrected chi connectivity index (χ0v) is 12.5. The zero-order valence-electron chi connectivity index (χ0n) is 12.5. The number of rotatable bonds is 7. The van der Waals surface area contributed by atoms with E-state index in [0.29, 0.717) is 5.92 Å². The van der Waals surface area contributed by atoms with Crippen LogP contribution in [0.25, 0.3) is 0 Å². The molecule has 0 aliphatic carbocycles. The van der Waals surface area contributed by atoms with Gasteiger partial charge < -0.3 is 10.1 Å². The van der Waals surface area contributed by atoms with Gasteiger partial charge in [0, 0.05) is 12.2 Å². The summed E-state index contributed by atoms with van der Waals surface area (Å²) in [6, 6.07) is 4.41. The van der Waals surface area contributed by atoms with Crippen molar-refractivity contribution in [2.24, 2.45) is 0 Å². The second kappa shape index (κ2) is 7.30. The van der Waals surface area contributed by atoms with Crippen LogP contribution in [0.3, 0.4) is 0 Å². The van der Waals surface area contributed by atoms with Crippen LogP contribution in [0, 0.1) is 6.92 Å². The van der Waals surface area contributed by atoms with Crippen LogP contribution in [0.4, 0.5) is 5.69 Å². The van der Waals surface area contributed by atoms with E-state index in [-0.39, 0.29) is 0 Å². The molecule has 0 unspecified atom stereocenters. The van der Waals surface area contributed by atoms with E-state index in [1.165, 1.54) is 23.2 Å². The first kappa shape index (κ1) is 14.9. The summed E-state index contributed by atoms with van der Waals surface area (Å²) in [5, 5.41) is 3.41. The molecular formula is C16H27NO. The predicted molar refractivity (Wildman–Crippen MR) is 79.8 cm³/mol. The molecule has 18 heavy (non-hydrogen) atoms. The fourth-order valence-corrected chi connectivity index (χ4v) is 1.98. The normalized spacial score (nSPS) is 10.8. The molecule has 2 heteroatoms. The first-order valence-corrected chi connectivity index (χ1v) is 7.11. The lowest BCUT2D eigenvalue weighted by molar-refractivity contribution is 0.305. The molecule has 0 bridgehead atoms. The first-order chi connectivity index (χ1) is 8.60. The van der Waals surface area contributed by atoms with Gasteiger partial charge in [0.2, 0.25) is 0 Å². The highest BCUT2D eigenvalue weighted by molar-refractivity contribution is 5.58. The van der Waals surface area contributed by atoms with Crippen LogP contribution < -0.4 is 10.1 Å². The average Bonchev–Trinajstić information content (AvgIpc) is 2.32. The van der Waals surface area contributed by atoms with Crippen molar-refractivity contribution in [2.75, 3.05) is 18.5 Å². The predicted octanol–water partition coefficient (Wildman–Crippen LogP) is 4.73. The molecule has 0 heterocycles. The van der Waals surface area contributed by atoms with Crippen molar-refractivity contribution < 1.29 is 4.74 Å². The third-order valence-electron chi connectivity index (χ3n) is 3.10. The number of ether oxygens (including phenoxy) is 1. The van der Waals surface area contributed by atoms with E-state index in [1.54, 1.807) is 0 Å². The maximum atomic E-state index is 5.93. The minimum atomic E-state index is 0.486. The molecular weight excluding hydrogens is 222 g/mol. The van der Waals surface area contributed by atoms with Gasteiger partial charge in [-0.1, -0.05) is 27.2 Å². The van der Waals surface area contributed by atoms with Crippen LogP contribution >= 0.6 is 0 Å². The maximum Gasteiger partial charge on any atom is 0.123 e. The van der Waals surface area contributed by atoms with E-state index in [0.717, 1.165) is 25.3 Å². The van der Waals surface area contributed by atoms with E-state index in [2.05, 4.69) is 52.1 Å². The van der Waals surface area contributed by atoms with E-state index in [4.69, 9.17) is 4.74 Å². The average molecular weight is 249 g/mol. The van der Waals surface area contributed by atoms with Gasteiger partial charge >= 0.3 is 0 Å². The minimum Gasteiger partial charge on any atom is -0.493 e. The topological polar surface area (TPSA) is 21.3 Å². The molecule has 1 N–H and O–H groups in total. The van der Waals surface area contributed by atoms with Gasteiger partial charge in [0.15, 0.2) is 0 Å². The van der Waals surface area contributed by atoms with Crippen LogP contribution in [0.15, 0.2) is 12.1 Å². The largest absolute Gasteiger partial charge is 0.493 e. The SMILES string of the molecule is CCCCOc1cc(C)c(NCC)cc1C(C)C. The number of nitrogens with one attached hydrogen (secondary N) is 1. The van der Waals surface area contributed by atoms with Gasteiger partial charge in [-0.3, -0.25) is 0 Å². The van der Waals surface area contributed by atoms with Crippen LogP contribution in [-0.4, -0.2) is 13.2 Å². The summed E-state index contributed by atoms with van der Waals surface area (Å²) < 4.78 is 5.93. The molecule has 0 aromatic heterocycles. The van der Waals surface area contributed by atoms with E-state index >= 15 is 0 Å². The van der Waals surface area contributed by atoms with Crippen molar-refractivity contribution in [3.8, 4) is 5.75 Å². The van der Waals surface area contributed by atoms with Gasteiger partial charge in [-0.05, 0) is 49.4 Å². The highest BCUT2D eigenvalue weighted by Crippen LogP contribution is 2.32. The van der Waals surface area contributed by atoms with Gasteiger partial charge in [-0.25, -0.2) is 0 Å². The Kier molecular flexibility index (Phi) is 6.03. The fraction of sp³-hybridized carbons (Fsp3) is 0.625. The third kappa shape index (κ3) is 3.94. The van der Waals surface area contributed by atoms with Gasteiger partial charge in [-0.2, -0.15) is 0 Å². The van der Waals surface area contributed by atoms with E-state index < -0.39 is 0 Å². The molecule has 0 saturated carbocycles. The van der Waals surface area contributed by atoms with Crippen molar-refractivity contribution in [2.45, 2.75) is 53.4 Å². The first-order valence-electron chi connectivity index (χ1n) is 7.11. The van der Waals surface area contributed by atoms with Crippen molar-refractivity contribution in [1.29, 1.82) is 0 Å². The van der Waals surface area contributed by atoms with Crippen LogP contribution in [0.1, 0.15) is 57.6 Å². The Hall–Kier alpha value is -1.18. The molecule has 1 aromatic rings. The molecule has 0 radical (unpaired) electrons. The van der Waals surface area contributed by atoms with Gasteiger partial charge in [0.25, 0.3) is 0 Å². The molecule has 1 rings (SSSR count). The molecule has 0 saturated heterocycles. The number of hydrogen-bond acceptors (Lipinski definition) is 2. The summed E-state index contributed by atoms with van der Waals surface area (Å²) in [4.78, 5) is 0. The van der Waals surface area contributed by atoms with Crippen molar-refractivity contribution in [3.05, 3.63) is 23.3 Å². The Labute approximate surface area is 112 Å². The number of unbranched alkanes of at least 4 members (excludes halogenated alkanes) is 1. The van der Waals surface area contributed by atoms with Crippen molar-refractivity contribution >= 4 is 5.69 Å². The van der Waals surface area contributed by atoms with E-state index in [1.807, 2.05) is 0 Å². The molecule has 0 atom stereocenters. The smallest absolute Gasteiger partial charge is 0.123 e. The molecule has 0 fully saturated rings. The Morgan fingerprint density at radius 3 is 2.50 bits per heavy atom. The molecule has 0 amide bonds. The lowest BCUT2D eigenvalue weighted by atomic mass is 9.99. The number of benzene rings is 1. The number of hydrogen-bond donors (Lipinski definition) is 1. The van der Waals surface area contributed by atoms with Gasteiger partial charge in [0.05, 0.1) is 6.61 Å². The molecule has 0 aliphatic heterocycles. The molecule has 2 nitrogen and oxygen atoms in total. The highest BCUT2D eigenvalue weighted by atomic mass is 16.5. The quantitative estimate of drug-likeness (QED) is 0.705. The second-order valence-electron chi connectivity index (χ2n) is 5.09. The fourth-order valence-electron chi connectivity index (χ4n) is 1.98. The van der Waals surface area contributed by atoms with Crippen molar-refractivity contribution in [1.82, 2.24) is 0 Å². The Bertz CT molecular complexity index is 372. The molecule has 0 aliphatic rings. The number of aryl methyl sites for hydroxylation is 1.